The van der Waals surface area contributed by atoms with Crippen LogP contribution in [-0.2, 0) is 0 Å². The fourth-order valence-electron chi connectivity index (χ4n) is 2.97. The Balaban J connectivity index is 2.08. The normalized spacial score (nSPS) is 26.4. The zero-order valence-electron chi connectivity index (χ0n) is 12.6. The lowest BCUT2D eigenvalue weighted by atomic mass is 9.97. The van der Waals surface area contributed by atoms with E-state index in [-0.39, 0.29) is 5.92 Å². The Morgan fingerprint density at radius 3 is 2.30 bits per heavy atom. The first-order chi connectivity index (χ1) is 9.49. The predicted octanol–water partition coefficient (Wildman–Crippen LogP) is 2.08. The molecule has 1 fully saturated rings. The number of nitrogens with two attached hydrogens (primary N) is 1. The second-order valence-electron chi connectivity index (χ2n) is 5.95. The van der Waals surface area contributed by atoms with Crippen LogP contribution in [0.25, 0.3) is 0 Å². The summed E-state index contributed by atoms with van der Waals surface area (Å²) >= 11 is 5.29. The van der Waals surface area contributed by atoms with Gasteiger partial charge in [0.2, 0.25) is 0 Å². The van der Waals surface area contributed by atoms with Crippen molar-refractivity contribution >= 4 is 17.2 Å². The van der Waals surface area contributed by atoms with Crippen LogP contribution in [0, 0.1) is 0 Å². The Morgan fingerprint density at radius 2 is 1.80 bits per heavy atom. The van der Waals surface area contributed by atoms with Gasteiger partial charge in [0.25, 0.3) is 0 Å². The minimum absolute atomic E-state index is 0.147. The van der Waals surface area contributed by atoms with E-state index in [0.29, 0.717) is 17.1 Å². The summed E-state index contributed by atoms with van der Waals surface area (Å²) in [7, 11) is 2.20. The van der Waals surface area contributed by atoms with Crippen molar-refractivity contribution in [2.24, 2.45) is 5.73 Å². The largest absolute Gasteiger partial charge is 0.393 e. The highest BCUT2D eigenvalue weighted by Gasteiger charge is 2.28. The Hall–Kier alpha value is -0.970. The SMILES string of the molecule is CC1CN(CC(C(N)=S)c2ccccc2)CC(C)N1C. The lowest BCUT2D eigenvalue weighted by molar-refractivity contribution is 0.0595. The molecule has 0 amide bonds. The van der Waals surface area contributed by atoms with Gasteiger partial charge in [-0.3, -0.25) is 9.80 Å². The summed E-state index contributed by atoms with van der Waals surface area (Å²) < 4.78 is 0. The van der Waals surface area contributed by atoms with E-state index in [1.807, 2.05) is 6.07 Å². The van der Waals surface area contributed by atoms with Gasteiger partial charge in [-0.1, -0.05) is 42.5 Å². The predicted molar refractivity (Wildman–Crippen MR) is 89.1 cm³/mol. The average Bonchev–Trinajstić information content (AvgIpc) is 2.42. The van der Waals surface area contributed by atoms with Crippen LogP contribution >= 0.6 is 12.2 Å². The van der Waals surface area contributed by atoms with Gasteiger partial charge in [0, 0.05) is 37.6 Å². The first kappa shape index (κ1) is 15.4. The molecule has 1 aromatic carbocycles. The molecule has 0 spiro atoms. The van der Waals surface area contributed by atoms with Gasteiger partial charge in [-0.15, -0.1) is 0 Å². The van der Waals surface area contributed by atoms with Crippen molar-refractivity contribution in [2.75, 3.05) is 26.7 Å². The van der Waals surface area contributed by atoms with Crippen LogP contribution in [0.5, 0.6) is 0 Å². The number of nitrogens with zero attached hydrogens (tertiary/aromatic N) is 2. The van der Waals surface area contributed by atoms with Crippen LogP contribution in [0.15, 0.2) is 30.3 Å². The highest BCUT2D eigenvalue weighted by molar-refractivity contribution is 7.80. The van der Waals surface area contributed by atoms with Crippen LogP contribution in [0.2, 0.25) is 0 Å². The third-order valence-corrected chi connectivity index (χ3v) is 4.71. The number of thiocarbonyl (C=S) groups is 1. The zero-order chi connectivity index (χ0) is 14.7. The summed E-state index contributed by atoms with van der Waals surface area (Å²) in [6, 6.07) is 11.5. The zero-order valence-corrected chi connectivity index (χ0v) is 13.4. The molecule has 0 saturated carbocycles. The number of benzene rings is 1. The number of likely N-dealkylation sites (N-methyl/N-ethyl adjacent to an activating group) is 1. The van der Waals surface area contributed by atoms with Crippen molar-refractivity contribution in [3.63, 3.8) is 0 Å². The van der Waals surface area contributed by atoms with E-state index in [1.54, 1.807) is 0 Å². The van der Waals surface area contributed by atoms with Gasteiger partial charge < -0.3 is 5.73 Å². The Labute approximate surface area is 127 Å². The van der Waals surface area contributed by atoms with Gasteiger partial charge in [-0.2, -0.15) is 0 Å². The molecule has 2 N–H and O–H groups in total. The molecule has 1 heterocycles. The second-order valence-corrected chi connectivity index (χ2v) is 6.42. The van der Waals surface area contributed by atoms with Gasteiger partial charge >= 0.3 is 0 Å². The van der Waals surface area contributed by atoms with E-state index in [4.69, 9.17) is 18.0 Å². The molecular weight excluding hydrogens is 266 g/mol. The van der Waals surface area contributed by atoms with Crippen LogP contribution in [0.4, 0.5) is 0 Å². The average molecular weight is 291 g/mol. The lowest BCUT2D eigenvalue weighted by Crippen LogP contribution is -2.55. The molecule has 1 aliphatic heterocycles. The van der Waals surface area contributed by atoms with Crippen molar-refractivity contribution in [2.45, 2.75) is 31.8 Å². The molecule has 110 valence electrons. The van der Waals surface area contributed by atoms with Crippen LogP contribution in [0.1, 0.15) is 25.3 Å². The van der Waals surface area contributed by atoms with Crippen molar-refractivity contribution in [3.05, 3.63) is 35.9 Å². The molecule has 0 radical (unpaired) electrons. The van der Waals surface area contributed by atoms with E-state index in [2.05, 4.69) is 55.0 Å². The Kier molecular flexibility index (Phi) is 5.13. The number of hydrogen-bond donors (Lipinski definition) is 1. The monoisotopic (exact) mass is 291 g/mol. The van der Waals surface area contributed by atoms with Gasteiger partial charge in [0.15, 0.2) is 0 Å². The molecule has 0 bridgehead atoms. The van der Waals surface area contributed by atoms with E-state index in [0.717, 1.165) is 19.6 Å². The van der Waals surface area contributed by atoms with Crippen molar-refractivity contribution in [1.82, 2.24) is 9.80 Å². The van der Waals surface area contributed by atoms with E-state index in [1.165, 1.54) is 5.56 Å². The van der Waals surface area contributed by atoms with Crippen LogP contribution in [0.3, 0.4) is 0 Å². The smallest absolute Gasteiger partial charge is 0.0816 e. The number of piperazine rings is 1. The first-order valence-corrected chi connectivity index (χ1v) is 7.68. The molecule has 3 atom stereocenters. The van der Waals surface area contributed by atoms with Crippen LogP contribution < -0.4 is 5.73 Å². The fourth-order valence-corrected chi connectivity index (χ4v) is 3.18. The topological polar surface area (TPSA) is 32.5 Å². The summed E-state index contributed by atoms with van der Waals surface area (Å²) in [5.41, 5.74) is 7.20. The van der Waals surface area contributed by atoms with Gasteiger partial charge in [0.1, 0.15) is 0 Å². The first-order valence-electron chi connectivity index (χ1n) is 7.27. The second kappa shape index (κ2) is 6.66. The molecule has 3 nitrogen and oxygen atoms in total. The molecule has 3 unspecified atom stereocenters. The van der Waals surface area contributed by atoms with Crippen molar-refractivity contribution < 1.29 is 0 Å². The van der Waals surface area contributed by atoms with Gasteiger partial charge in [-0.25, -0.2) is 0 Å². The maximum atomic E-state index is 5.98. The van der Waals surface area contributed by atoms with Gasteiger partial charge in [-0.05, 0) is 26.5 Å². The number of rotatable bonds is 4. The standard InChI is InChI=1S/C16H25N3S/c1-12-9-19(10-13(2)18(12)3)11-15(16(17)20)14-7-5-4-6-8-14/h4-8,12-13,15H,9-11H2,1-3H3,(H2,17,20). The lowest BCUT2D eigenvalue weighted by Gasteiger charge is -2.43. The number of hydrogen-bond acceptors (Lipinski definition) is 3. The summed E-state index contributed by atoms with van der Waals surface area (Å²) in [6.45, 7) is 7.63. The van der Waals surface area contributed by atoms with Gasteiger partial charge in [0.05, 0.1) is 4.99 Å². The molecule has 20 heavy (non-hydrogen) atoms. The third kappa shape index (κ3) is 3.57. The maximum Gasteiger partial charge on any atom is 0.0816 e. The molecule has 1 saturated heterocycles. The maximum absolute atomic E-state index is 5.98. The fraction of sp³-hybridized carbons (Fsp3) is 0.562. The Bertz CT molecular complexity index is 436. The molecule has 1 aromatic rings. The third-order valence-electron chi connectivity index (χ3n) is 4.42. The highest BCUT2D eigenvalue weighted by atomic mass is 32.1. The highest BCUT2D eigenvalue weighted by Crippen LogP contribution is 2.21. The molecule has 2 rings (SSSR count). The minimum atomic E-state index is 0.147. The Morgan fingerprint density at radius 1 is 1.25 bits per heavy atom. The summed E-state index contributed by atoms with van der Waals surface area (Å²) in [4.78, 5) is 5.52. The molecule has 0 aliphatic carbocycles. The molecule has 0 aromatic heterocycles. The molecule has 1 aliphatic rings. The molecule has 4 heteroatoms. The van der Waals surface area contributed by atoms with Crippen molar-refractivity contribution in [1.29, 1.82) is 0 Å². The van der Waals surface area contributed by atoms with E-state index < -0.39 is 0 Å². The van der Waals surface area contributed by atoms with Crippen molar-refractivity contribution in [3.8, 4) is 0 Å². The summed E-state index contributed by atoms with van der Waals surface area (Å²) in [5.74, 6) is 0.147. The quantitative estimate of drug-likeness (QED) is 0.861. The molecular formula is C16H25N3S. The summed E-state index contributed by atoms with van der Waals surface area (Å²) in [5, 5.41) is 0. The van der Waals surface area contributed by atoms with Crippen LogP contribution in [-0.4, -0.2) is 53.6 Å². The summed E-state index contributed by atoms with van der Waals surface area (Å²) in [6.07, 6.45) is 0. The van der Waals surface area contributed by atoms with E-state index in [9.17, 15) is 0 Å². The minimum Gasteiger partial charge on any atom is -0.393 e. The van der Waals surface area contributed by atoms with E-state index >= 15 is 0 Å².